The third-order valence-electron chi connectivity index (χ3n) is 2.56. The largest absolute Gasteiger partial charge is 0.376 e. The lowest BCUT2D eigenvalue weighted by Crippen LogP contribution is -2.36. The van der Waals surface area contributed by atoms with Crippen LogP contribution in [0.5, 0.6) is 0 Å². The summed E-state index contributed by atoms with van der Waals surface area (Å²) >= 11 is 5.89. The van der Waals surface area contributed by atoms with Crippen molar-refractivity contribution in [3.63, 3.8) is 0 Å². The predicted molar refractivity (Wildman–Crippen MR) is 72.6 cm³/mol. The third kappa shape index (κ3) is 4.27. The van der Waals surface area contributed by atoms with Gasteiger partial charge in [0.15, 0.2) is 0 Å². The highest BCUT2D eigenvalue weighted by Crippen LogP contribution is 2.19. The maximum Gasteiger partial charge on any atom is 0.239 e. The van der Waals surface area contributed by atoms with Gasteiger partial charge in [0.05, 0.1) is 17.1 Å². The summed E-state index contributed by atoms with van der Waals surface area (Å²) in [6.07, 6.45) is 0.897. The van der Waals surface area contributed by atoms with Crippen molar-refractivity contribution in [1.29, 1.82) is 5.26 Å². The van der Waals surface area contributed by atoms with E-state index in [0.29, 0.717) is 10.6 Å². The molecule has 1 aromatic rings. The average Bonchev–Trinajstić information content (AvgIpc) is 2.36. The first-order valence-corrected chi connectivity index (χ1v) is 6.17. The van der Waals surface area contributed by atoms with Crippen LogP contribution in [0.15, 0.2) is 18.2 Å². The van der Waals surface area contributed by atoms with E-state index in [0.717, 1.165) is 12.1 Å². The molecule has 4 nitrogen and oxygen atoms in total. The smallest absolute Gasteiger partial charge is 0.239 e. The zero-order valence-electron chi connectivity index (χ0n) is 10.5. The number of rotatable bonds is 5. The molecule has 0 spiro atoms. The van der Waals surface area contributed by atoms with Crippen LogP contribution in [-0.2, 0) is 4.79 Å². The number of carbonyl (C=O) groups excluding carboxylic acids is 1. The molecule has 0 aliphatic rings. The van der Waals surface area contributed by atoms with Crippen molar-refractivity contribution in [1.82, 2.24) is 5.32 Å². The number of nitrogens with zero attached hydrogens (tertiary/aromatic N) is 1. The molecule has 96 valence electrons. The number of benzene rings is 1. The molecule has 2 N–H and O–H groups in total. The summed E-state index contributed by atoms with van der Waals surface area (Å²) in [5, 5.41) is 14.9. The summed E-state index contributed by atoms with van der Waals surface area (Å²) in [5.74, 6) is -0.0650. The Kier molecular flexibility index (Phi) is 5.47. The fourth-order valence-corrected chi connectivity index (χ4v) is 1.55. The topological polar surface area (TPSA) is 64.9 Å². The van der Waals surface area contributed by atoms with E-state index < -0.39 is 0 Å². The van der Waals surface area contributed by atoms with Gasteiger partial charge in [-0.15, -0.1) is 0 Å². The van der Waals surface area contributed by atoms with Crippen molar-refractivity contribution >= 4 is 23.2 Å². The standard InChI is InChI=1S/C13H16ClN3O/c1-3-9(2)17-13(18)8-16-11-5-4-10(7-15)12(14)6-11/h4-6,9,16H,3,8H2,1-2H3,(H,17,18). The molecule has 0 aromatic heterocycles. The van der Waals surface area contributed by atoms with Gasteiger partial charge in [0.1, 0.15) is 6.07 Å². The zero-order chi connectivity index (χ0) is 13.5. The molecule has 0 saturated heterocycles. The van der Waals surface area contributed by atoms with Gasteiger partial charge >= 0.3 is 0 Å². The fraction of sp³-hybridized carbons (Fsp3) is 0.385. The first kappa shape index (κ1) is 14.3. The average molecular weight is 266 g/mol. The second kappa shape index (κ2) is 6.87. The second-order valence-electron chi connectivity index (χ2n) is 4.04. The normalized spacial score (nSPS) is 11.4. The van der Waals surface area contributed by atoms with Gasteiger partial charge in [0.2, 0.25) is 5.91 Å². The van der Waals surface area contributed by atoms with Gasteiger partial charge in [-0.25, -0.2) is 0 Å². The summed E-state index contributed by atoms with van der Waals surface area (Å²) in [6.45, 7) is 4.15. The van der Waals surface area contributed by atoms with Crippen LogP contribution in [0.25, 0.3) is 0 Å². The molecule has 0 heterocycles. The van der Waals surface area contributed by atoms with Crippen LogP contribution in [0.3, 0.4) is 0 Å². The quantitative estimate of drug-likeness (QED) is 0.860. The van der Waals surface area contributed by atoms with Gasteiger partial charge < -0.3 is 10.6 Å². The minimum Gasteiger partial charge on any atom is -0.376 e. The second-order valence-corrected chi connectivity index (χ2v) is 4.44. The number of anilines is 1. The van der Waals surface area contributed by atoms with Crippen LogP contribution in [-0.4, -0.2) is 18.5 Å². The Morgan fingerprint density at radius 2 is 2.28 bits per heavy atom. The molecular formula is C13H16ClN3O. The van der Waals surface area contributed by atoms with Gasteiger partial charge in [0.25, 0.3) is 0 Å². The van der Waals surface area contributed by atoms with Crippen LogP contribution in [0.4, 0.5) is 5.69 Å². The summed E-state index contributed by atoms with van der Waals surface area (Å²) < 4.78 is 0. The lowest BCUT2D eigenvalue weighted by molar-refractivity contribution is -0.120. The predicted octanol–water partition coefficient (Wildman–Crippen LogP) is 2.54. The first-order chi connectivity index (χ1) is 8.56. The number of nitriles is 1. The van der Waals surface area contributed by atoms with Gasteiger partial charge in [0, 0.05) is 11.7 Å². The lowest BCUT2D eigenvalue weighted by Gasteiger charge is -2.12. The number of amides is 1. The highest BCUT2D eigenvalue weighted by atomic mass is 35.5. The molecule has 0 radical (unpaired) electrons. The van der Waals surface area contributed by atoms with Crippen molar-refractivity contribution in [3.8, 4) is 6.07 Å². The van der Waals surface area contributed by atoms with Crippen LogP contribution in [0, 0.1) is 11.3 Å². The van der Waals surface area contributed by atoms with E-state index in [2.05, 4.69) is 10.6 Å². The monoisotopic (exact) mass is 265 g/mol. The summed E-state index contributed by atoms with van der Waals surface area (Å²) in [5.41, 5.74) is 1.14. The van der Waals surface area contributed by atoms with E-state index in [1.54, 1.807) is 18.2 Å². The summed E-state index contributed by atoms with van der Waals surface area (Å²) in [7, 11) is 0. The molecule has 0 aliphatic heterocycles. The van der Waals surface area contributed by atoms with Crippen molar-refractivity contribution < 1.29 is 4.79 Å². The van der Waals surface area contributed by atoms with E-state index in [-0.39, 0.29) is 18.5 Å². The molecule has 1 unspecified atom stereocenters. The molecule has 0 saturated carbocycles. The zero-order valence-corrected chi connectivity index (χ0v) is 11.2. The number of hydrogen-bond acceptors (Lipinski definition) is 3. The Bertz CT molecular complexity index is 468. The SMILES string of the molecule is CCC(C)NC(=O)CNc1ccc(C#N)c(Cl)c1. The molecule has 0 bridgehead atoms. The summed E-state index contributed by atoms with van der Waals surface area (Å²) in [4.78, 5) is 11.5. The van der Waals surface area contributed by atoms with Gasteiger partial charge in [-0.05, 0) is 31.5 Å². The molecule has 1 aromatic carbocycles. The van der Waals surface area contributed by atoms with Gasteiger partial charge in [-0.3, -0.25) is 4.79 Å². The minimum atomic E-state index is -0.0650. The lowest BCUT2D eigenvalue weighted by atomic mass is 10.2. The highest BCUT2D eigenvalue weighted by molar-refractivity contribution is 6.32. The first-order valence-electron chi connectivity index (χ1n) is 5.79. The molecule has 1 atom stereocenters. The van der Waals surface area contributed by atoms with Crippen LogP contribution in [0.2, 0.25) is 5.02 Å². The minimum absolute atomic E-state index is 0.0650. The molecule has 1 amide bonds. The summed E-state index contributed by atoms with van der Waals surface area (Å²) in [6, 6.07) is 7.13. The third-order valence-corrected chi connectivity index (χ3v) is 2.88. The molecular weight excluding hydrogens is 250 g/mol. The number of hydrogen-bond donors (Lipinski definition) is 2. The van der Waals surface area contributed by atoms with E-state index in [1.165, 1.54) is 0 Å². The molecule has 0 aliphatic carbocycles. The number of nitrogens with one attached hydrogen (secondary N) is 2. The van der Waals surface area contributed by atoms with Crippen molar-refractivity contribution in [2.45, 2.75) is 26.3 Å². The number of carbonyl (C=O) groups is 1. The maximum atomic E-state index is 11.5. The highest BCUT2D eigenvalue weighted by Gasteiger charge is 2.06. The van der Waals surface area contributed by atoms with Crippen molar-refractivity contribution in [2.24, 2.45) is 0 Å². The maximum absolute atomic E-state index is 11.5. The molecule has 0 fully saturated rings. The van der Waals surface area contributed by atoms with Crippen molar-refractivity contribution in [2.75, 3.05) is 11.9 Å². The van der Waals surface area contributed by atoms with Crippen LogP contribution in [0.1, 0.15) is 25.8 Å². The molecule has 1 rings (SSSR count). The van der Waals surface area contributed by atoms with E-state index >= 15 is 0 Å². The Balaban J connectivity index is 2.52. The van der Waals surface area contributed by atoms with E-state index in [4.69, 9.17) is 16.9 Å². The van der Waals surface area contributed by atoms with E-state index in [1.807, 2.05) is 19.9 Å². The number of halogens is 1. The van der Waals surface area contributed by atoms with Gasteiger partial charge in [-0.1, -0.05) is 18.5 Å². The Morgan fingerprint density at radius 1 is 1.56 bits per heavy atom. The Labute approximate surface area is 112 Å². The molecule has 18 heavy (non-hydrogen) atoms. The Hall–Kier alpha value is -1.73. The van der Waals surface area contributed by atoms with Crippen molar-refractivity contribution in [3.05, 3.63) is 28.8 Å². The van der Waals surface area contributed by atoms with Gasteiger partial charge in [-0.2, -0.15) is 5.26 Å². The van der Waals surface area contributed by atoms with Crippen LogP contribution >= 0.6 is 11.6 Å². The van der Waals surface area contributed by atoms with Crippen LogP contribution < -0.4 is 10.6 Å². The Morgan fingerprint density at radius 3 is 2.83 bits per heavy atom. The molecule has 5 heteroatoms. The fourth-order valence-electron chi connectivity index (χ4n) is 1.33. The van der Waals surface area contributed by atoms with E-state index in [9.17, 15) is 4.79 Å².